The first-order valence-corrected chi connectivity index (χ1v) is 10.0. The van der Waals surface area contributed by atoms with Crippen molar-refractivity contribution in [2.75, 3.05) is 6.61 Å². The number of nitrogens with zero attached hydrogens (tertiary/aromatic N) is 2. The highest BCUT2D eigenvalue weighted by Crippen LogP contribution is 2.24. The minimum absolute atomic E-state index is 0.149. The topological polar surface area (TPSA) is 65.2 Å². The fraction of sp³-hybridized carbons (Fsp3) is 0.150. The molecular weight excluding hydrogens is 428 g/mol. The van der Waals surface area contributed by atoms with Crippen molar-refractivity contribution in [2.24, 2.45) is 0 Å². The number of thiazole rings is 1. The highest BCUT2D eigenvalue weighted by molar-refractivity contribution is 9.10. The minimum Gasteiger partial charge on any atom is -0.465 e. The van der Waals surface area contributed by atoms with E-state index in [9.17, 15) is 4.79 Å². The summed E-state index contributed by atoms with van der Waals surface area (Å²) in [6.45, 7) is 0.275. The number of benzene rings is 1. The van der Waals surface area contributed by atoms with Crippen LogP contribution in [0, 0.1) is 0 Å². The van der Waals surface area contributed by atoms with Crippen LogP contribution in [0.2, 0.25) is 0 Å². The van der Waals surface area contributed by atoms with Crippen LogP contribution in [-0.4, -0.2) is 22.5 Å². The Hall–Kier alpha value is -2.51. The van der Waals surface area contributed by atoms with Crippen LogP contribution in [0.1, 0.15) is 11.5 Å². The maximum Gasteiger partial charge on any atom is 0.311 e. The van der Waals surface area contributed by atoms with Gasteiger partial charge in [-0.1, -0.05) is 22.0 Å². The minimum atomic E-state index is -0.299. The van der Waals surface area contributed by atoms with Gasteiger partial charge in [0.2, 0.25) is 0 Å². The lowest BCUT2D eigenvalue weighted by Crippen LogP contribution is -2.10. The molecule has 4 aromatic rings. The number of aromatic nitrogens is 2. The van der Waals surface area contributed by atoms with Crippen molar-refractivity contribution >= 4 is 44.2 Å². The quantitative estimate of drug-likeness (QED) is 0.391. The molecule has 0 bridgehead atoms. The number of rotatable bonds is 6. The van der Waals surface area contributed by atoms with E-state index >= 15 is 0 Å². The molecule has 0 saturated heterocycles. The van der Waals surface area contributed by atoms with Crippen molar-refractivity contribution in [3.8, 4) is 10.7 Å². The van der Waals surface area contributed by atoms with E-state index in [1.54, 1.807) is 6.20 Å². The molecule has 0 aliphatic rings. The van der Waals surface area contributed by atoms with E-state index in [-0.39, 0.29) is 19.0 Å². The summed E-state index contributed by atoms with van der Waals surface area (Å²) < 4.78 is 12.1. The zero-order valence-electron chi connectivity index (χ0n) is 14.2. The van der Waals surface area contributed by atoms with Crippen LogP contribution >= 0.6 is 27.3 Å². The first-order chi connectivity index (χ1) is 13.2. The van der Waals surface area contributed by atoms with E-state index < -0.39 is 0 Å². The standard InChI is InChI=1S/C20H15BrN2O3S/c21-14-4-5-18-13(9-14)10-16(26-18)6-8-25-19(24)11-15-12-27-20(23-15)17-3-1-2-7-22-17/h1-5,7,9-10,12H,6,8,11H2. The number of hydrogen-bond donors (Lipinski definition) is 0. The zero-order valence-corrected chi connectivity index (χ0v) is 16.6. The lowest BCUT2D eigenvalue weighted by molar-refractivity contribution is -0.142. The SMILES string of the molecule is O=C(Cc1csc(-c2ccccn2)n1)OCCc1cc2cc(Br)ccc2o1. The average molecular weight is 443 g/mol. The molecule has 136 valence electrons. The molecule has 0 amide bonds. The van der Waals surface area contributed by atoms with Gasteiger partial charge in [-0.3, -0.25) is 9.78 Å². The summed E-state index contributed by atoms with van der Waals surface area (Å²) in [5.74, 6) is 0.494. The van der Waals surface area contributed by atoms with Gasteiger partial charge in [0, 0.05) is 27.9 Å². The Bertz CT molecular complexity index is 1080. The van der Waals surface area contributed by atoms with Gasteiger partial charge in [-0.2, -0.15) is 0 Å². The van der Waals surface area contributed by atoms with E-state index in [1.807, 2.05) is 47.8 Å². The zero-order chi connectivity index (χ0) is 18.6. The molecule has 27 heavy (non-hydrogen) atoms. The Kier molecular flexibility index (Phi) is 5.31. The summed E-state index contributed by atoms with van der Waals surface area (Å²) >= 11 is 4.91. The monoisotopic (exact) mass is 442 g/mol. The van der Waals surface area contributed by atoms with Crippen LogP contribution in [0.25, 0.3) is 21.7 Å². The maximum atomic E-state index is 12.1. The molecule has 0 aliphatic heterocycles. The van der Waals surface area contributed by atoms with Crippen LogP contribution in [0.4, 0.5) is 0 Å². The van der Waals surface area contributed by atoms with Gasteiger partial charge in [-0.15, -0.1) is 11.3 Å². The summed E-state index contributed by atoms with van der Waals surface area (Å²) in [4.78, 5) is 20.8. The number of fused-ring (bicyclic) bond motifs is 1. The van der Waals surface area contributed by atoms with Crippen LogP contribution in [0.5, 0.6) is 0 Å². The van der Waals surface area contributed by atoms with Gasteiger partial charge in [0.05, 0.1) is 24.4 Å². The number of carbonyl (C=O) groups is 1. The Morgan fingerprint density at radius 1 is 1.22 bits per heavy atom. The highest BCUT2D eigenvalue weighted by Gasteiger charge is 2.11. The summed E-state index contributed by atoms with van der Waals surface area (Å²) in [5, 5.41) is 3.68. The molecule has 0 radical (unpaired) electrons. The number of furan rings is 1. The number of carbonyl (C=O) groups excluding carboxylic acids is 1. The van der Waals surface area contributed by atoms with Crippen LogP contribution in [0.3, 0.4) is 0 Å². The predicted octanol–water partition coefficient (Wildman–Crippen LogP) is 5.04. The lowest BCUT2D eigenvalue weighted by atomic mass is 10.2. The van der Waals surface area contributed by atoms with Crippen molar-refractivity contribution < 1.29 is 13.9 Å². The molecule has 1 aromatic carbocycles. The average Bonchev–Trinajstić information content (AvgIpc) is 3.28. The number of esters is 1. The third kappa shape index (κ3) is 4.43. The summed E-state index contributed by atoms with van der Waals surface area (Å²) in [7, 11) is 0. The molecule has 3 aromatic heterocycles. The van der Waals surface area contributed by atoms with Crippen LogP contribution in [0.15, 0.2) is 62.9 Å². The molecule has 5 nitrogen and oxygen atoms in total. The van der Waals surface area contributed by atoms with E-state index in [2.05, 4.69) is 25.9 Å². The van der Waals surface area contributed by atoms with Crippen molar-refractivity contribution in [2.45, 2.75) is 12.8 Å². The van der Waals surface area contributed by atoms with Crippen LogP contribution in [-0.2, 0) is 22.4 Å². The van der Waals surface area contributed by atoms with Gasteiger partial charge < -0.3 is 9.15 Å². The lowest BCUT2D eigenvalue weighted by Gasteiger charge is -2.02. The van der Waals surface area contributed by atoms with Gasteiger partial charge in [0.15, 0.2) is 0 Å². The maximum absolute atomic E-state index is 12.1. The number of ether oxygens (including phenoxy) is 1. The van der Waals surface area contributed by atoms with Crippen LogP contribution < -0.4 is 0 Å². The molecule has 0 aliphatic carbocycles. The predicted molar refractivity (Wildman–Crippen MR) is 108 cm³/mol. The molecule has 0 N–H and O–H groups in total. The Morgan fingerprint density at radius 3 is 3.00 bits per heavy atom. The fourth-order valence-corrected chi connectivity index (χ4v) is 3.83. The molecule has 0 unspecified atom stereocenters. The molecule has 0 atom stereocenters. The van der Waals surface area contributed by atoms with Crippen molar-refractivity contribution in [1.29, 1.82) is 0 Å². The highest BCUT2D eigenvalue weighted by atomic mass is 79.9. The second kappa shape index (κ2) is 8.02. The second-order valence-electron chi connectivity index (χ2n) is 5.90. The van der Waals surface area contributed by atoms with E-state index in [0.29, 0.717) is 12.1 Å². The van der Waals surface area contributed by atoms with Gasteiger partial charge >= 0.3 is 5.97 Å². The first kappa shape index (κ1) is 17.9. The first-order valence-electron chi connectivity index (χ1n) is 8.37. The molecule has 7 heteroatoms. The molecule has 0 fully saturated rings. The largest absolute Gasteiger partial charge is 0.465 e. The summed E-state index contributed by atoms with van der Waals surface area (Å²) in [5.41, 5.74) is 2.32. The molecule has 4 rings (SSSR count). The molecular formula is C20H15BrN2O3S. The molecule has 3 heterocycles. The normalized spacial score (nSPS) is 11.0. The molecule has 0 saturated carbocycles. The Balaban J connectivity index is 1.30. The number of pyridine rings is 1. The van der Waals surface area contributed by atoms with E-state index in [4.69, 9.17) is 9.15 Å². The molecule has 0 spiro atoms. The Labute approximate surface area is 168 Å². The van der Waals surface area contributed by atoms with Crippen molar-refractivity contribution in [1.82, 2.24) is 9.97 Å². The van der Waals surface area contributed by atoms with Crippen molar-refractivity contribution in [3.05, 3.63) is 70.0 Å². The van der Waals surface area contributed by atoms with E-state index in [0.717, 1.165) is 31.9 Å². The summed E-state index contributed by atoms with van der Waals surface area (Å²) in [6, 6.07) is 13.5. The van der Waals surface area contributed by atoms with Gasteiger partial charge in [-0.25, -0.2) is 4.98 Å². The fourth-order valence-electron chi connectivity index (χ4n) is 2.65. The van der Waals surface area contributed by atoms with Gasteiger partial charge in [0.1, 0.15) is 16.4 Å². The number of hydrogen-bond acceptors (Lipinski definition) is 6. The van der Waals surface area contributed by atoms with Gasteiger partial charge in [-0.05, 0) is 36.4 Å². The smallest absolute Gasteiger partial charge is 0.311 e. The third-order valence-corrected chi connectivity index (χ3v) is 5.31. The van der Waals surface area contributed by atoms with Gasteiger partial charge in [0.25, 0.3) is 0 Å². The summed E-state index contributed by atoms with van der Waals surface area (Å²) in [6.07, 6.45) is 2.41. The van der Waals surface area contributed by atoms with Crippen molar-refractivity contribution in [3.63, 3.8) is 0 Å². The Morgan fingerprint density at radius 2 is 2.15 bits per heavy atom. The third-order valence-electron chi connectivity index (χ3n) is 3.90. The number of halogens is 1. The second-order valence-corrected chi connectivity index (χ2v) is 7.67. The van der Waals surface area contributed by atoms with E-state index in [1.165, 1.54) is 11.3 Å².